The quantitative estimate of drug-likeness (QED) is 0.619. The Morgan fingerprint density at radius 2 is 2.27 bits per heavy atom. The van der Waals surface area contributed by atoms with Crippen LogP contribution in [0.15, 0.2) is 11.2 Å². The van der Waals surface area contributed by atoms with Gasteiger partial charge in [0.25, 0.3) is 0 Å². The minimum absolute atomic E-state index is 0.159. The highest BCUT2D eigenvalue weighted by molar-refractivity contribution is 7.11. The van der Waals surface area contributed by atoms with Gasteiger partial charge in [0.2, 0.25) is 0 Å². The molecule has 2 heterocycles. The molecule has 0 aliphatic carbocycles. The number of nitrogens with one attached hydrogen (secondary N) is 2. The average molecular weight is 382 g/mol. The number of aryl methyl sites for hydroxylation is 1. The topological polar surface area (TPSA) is 78.9 Å². The fraction of sp³-hybridized carbons (Fsp3) is 0.722. The van der Waals surface area contributed by atoms with Gasteiger partial charge in [0.15, 0.2) is 5.96 Å². The number of aromatic nitrogens is 1. The van der Waals surface area contributed by atoms with Crippen LogP contribution >= 0.6 is 11.3 Å². The summed E-state index contributed by atoms with van der Waals surface area (Å²) in [6.45, 7) is 12.4. The van der Waals surface area contributed by atoms with Crippen molar-refractivity contribution < 1.29 is 9.53 Å². The number of guanidine groups is 1. The first-order valence-electron chi connectivity index (χ1n) is 9.21. The molecule has 1 saturated heterocycles. The zero-order valence-corrected chi connectivity index (χ0v) is 17.3. The van der Waals surface area contributed by atoms with E-state index in [9.17, 15) is 4.79 Å². The van der Waals surface area contributed by atoms with Gasteiger partial charge in [0, 0.05) is 36.8 Å². The van der Waals surface area contributed by atoms with Gasteiger partial charge in [0.05, 0.1) is 6.54 Å². The predicted octanol–water partition coefficient (Wildman–Crippen LogP) is 2.91. The maximum atomic E-state index is 12.3. The molecule has 0 aromatic carbocycles. The smallest absolute Gasteiger partial charge is 0.410 e. The van der Waals surface area contributed by atoms with E-state index in [1.807, 2.05) is 40.8 Å². The number of likely N-dealkylation sites (tertiary alicyclic amines) is 1. The third-order valence-electron chi connectivity index (χ3n) is 3.80. The third-order valence-corrected chi connectivity index (χ3v) is 4.70. The number of hydrogen-bond donors (Lipinski definition) is 2. The van der Waals surface area contributed by atoms with Gasteiger partial charge in [-0.05, 0) is 47.5 Å². The largest absolute Gasteiger partial charge is 0.444 e. The first-order chi connectivity index (χ1) is 12.3. The minimum atomic E-state index is -0.473. The summed E-state index contributed by atoms with van der Waals surface area (Å²) < 4.78 is 5.49. The van der Waals surface area contributed by atoms with E-state index in [4.69, 9.17) is 4.74 Å². The highest BCUT2D eigenvalue weighted by Gasteiger charge is 2.28. The van der Waals surface area contributed by atoms with Crippen molar-refractivity contribution in [3.8, 4) is 0 Å². The van der Waals surface area contributed by atoms with Gasteiger partial charge >= 0.3 is 6.09 Å². The number of carbonyl (C=O) groups excluding carboxylic acids is 1. The third kappa shape index (κ3) is 6.82. The van der Waals surface area contributed by atoms with Crippen LogP contribution in [0.5, 0.6) is 0 Å². The number of aliphatic imine (C=N–C) groups is 1. The molecule has 7 nitrogen and oxygen atoms in total. The first kappa shape index (κ1) is 20.5. The zero-order valence-electron chi connectivity index (χ0n) is 16.5. The lowest BCUT2D eigenvalue weighted by molar-refractivity contribution is 0.0193. The minimum Gasteiger partial charge on any atom is -0.444 e. The molecule has 8 heteroatoms. The van der Waals surface area contributed by atoms with Crippen LogP contribution in [-0.4, -0.2) is 53.2 Å². The summed E-state index contributed by atoms with van der Waals surface area (Å²) in [7, 11) is 0. The van der Waals surface area contributed by atoms with E-state index in [1.54, 1.807) is 16.2 Å². The lowest BCUT2D eigenvalue weighted by Gasteiger charge is -2.35. The number of piperidine rings is 1. The molecule has 1 fully saturated rings. The lowest BCUT2D eigenvalue weighted by atomic mass is 10.1. The van der Waals surface area contributed by atoms with E-state index in [2.05, 4.69) is 20.6 Å². The second kappa shape index (κ2) is 9.21. The average Bonchev–Trinajstić information content (AvgIpc) is 2.97. The van der Waals surface area contributed by atoms with Crippen LogP contribution in [0, 0.1) is 6.92 Å². The number of hydrogen-bond acceptors (Lipinski definition) is 5. The van der Waals surface area contributed by atoms with Gasteiger partial charge in [-0.1, -0.05) is 0 Å². The number of nitrogens with zero attached hydrogens (tertiary/aromatic N) is 3. The van der Waals surface area contributed by atoms with E-state index in [1.165, 1.54) is 4.88 Å². The molecule has 0 bridgehead atoms. The van der Waals surface area contributed by atoms with Crippen molar-refractivity contribution >= 4 is 23.4 Å². The number of ether oxygens (including phenoxy) is 1. The Morgan fingerprint density at radius 3 is 2.88 bits per heavy atom. The summed E-state index contributed by atoms with van der Waals surface area (Å²) in [6.07, 6.45) is 3.57. The Balaban J connectivity index is 1.93. The summed E-state index contributed by atoms with van der Waals surface area (Å²) in [6, 6.07) is 0.159. The number of rotatable bonds is 4. The second-order valence-corrected chi connectivity index (χ2v) is 8.79. The van der Waals surface area contributed by atoms with E-state index in [0.717, 1.165) is 36.9 Å². The van der Waals surface area contributed by atoms with E-state index in [-0.39, 0.29) is 12.1 Å². The van der Waals surface area contributed by atoms with Gasteiger partial charge in [-0.3, -0.25) is 0 Å². The van der Waals surface area contributed by atoms with Gasteiger partial charge in [-0.2, -0.15) is 0 Å². The van der Waals surface area contributed by atoms with Crippen molar-refractivity contribution in [3.05, 3.63) is 16.1 Å². The van der Waals surface area contributed by atoms with Crippen molar-refractivity contribution in [2.45, 2.75) is 65.6 Å². The molecule has 1 aromatic rings. The van der Waals surface area contributed by atoms with Gasteiger partial charge in [-0.25, -0.2) is 14.8 Å². The van der Waals surface area contributed by atoms with E-state index in [0.29, 0.717) is 13.1 Å². The Morgan fingerprint density at radius 1 is 1.50 bits per heavy atom. The van der Waals surface area contributed by atoms with Crippen molar-refractivity contribution in [1.82, 2.24) is 20.5 Å². The summed E-state index contributed by atoms with van der Waals surface area (Å²) in [5, 5.41) is 7.72. The van der Waals surface area contributed by atoms with Gasteiger partial charge < -0.3 is 20.3 Å². The molecule has 1 aromatic heterocycles. The molecule has 1 amide bonds. The standard InChI is InChI=1S/C18H31N5O2S/c1-6-19-16(21-11-15-20-10-13(2)26-15)22-14-8-7-9-23(12-14)17(24)25-18(3,4)5/h10,14H,6-9,11-12H2,1-5H3,(H2,19,21,22). The van der Waals surface area contributed by atoms with Crippen LogP contribution in [0.25, 0.3) is 0 Å². The van der Waals surface area contributed by atoms with Crippen LogP contribution in [0.4, 0.5) is 4.79 Å². The first-order valence-corrected chi connectivity index (χ1v) is 10.0. The Kier molecular flexibility index (Phi) is 7.25. The molecule has 0 radical (unpaired) electrons. The zero-order chi connectivity index (χ0) is 19.2. The van der Waals surface area contributed by atoms with Gasteiger partial charge in [-0.15, -0.1) is 11.3 Å². The van der Waals surface area contributed by atoms with E-state index < -0.39 is 5.60 Å². The van der Waals surface area contributed by atoms with E-state index >= 15 is 0 Å². The summed E-state index contributed by atoms with van der Waals surface area (Å²) in [5.74, 6) is 0.761. The normalized spacial score (nSPS) is 18.6. The van der Waals surface area contributed by atoms with Crippen LogP contribution < -0.4 is 10.6 Å². The van der Waals surface area contributed by atoms with Crippen molar-refractivity contribution in [2.24, 2.45) is 4.99 Å². The van der Waals surface area contributed by atoms with Crippen LogP contribution in [0.1, 0.15) is 50.4 Å². The molecular weight excluding hydrogens is 350 g/mol. The number of amides is 1. The summed E-state index contributed by atoms with van der Waals surface area (Å²) >= 11 is 1.66. The van der Waals surface area contributed by atoms with Crippen LogP contribution in [0.3, 0.4) is 0 Å². The summed E-state index contributed by atoms with van der Waals surface area (Å²) in [5.41, 5.74) is -0.473. The Bertz CT molecular complexity index is 623. The Hall–Kier alpha value is -1.83. The van der Waals surface area contributed by atoms with Crippen molar-refractivity contribution in [1.29, 1.82) is 0 Å². The molecule has 1 unspecified atom stereocenters. The SMILES string of the molecule is CCNC(=NCc1ncc(C)s1)NC1CCCN(C(=O)OC(C)(C)C)C1. The van der Waals surface area contributed by atoms with Crippen LogP contribution in [-0.2, 0) is 11.3 Å². The molecule has 26 heavy (non-hydrogen) atoms. The molecule has 146 valence electrons. The molecule has 1 aliphatic rings. The molecule has 2 rings (SSSR count). The fourth-order valence-electron chi connectivity index (χ4n) is 2.72. The Labute approximate surface area is 160 Å². The fourth-order valence-corrected chi connectivity index (χ4v) is 3.43. The molecule has 1 atom stereocenters. The number of thiazole rings is 1. The number of carbonyl (C=O) groups is 1. The molecule has 0 saturated carbocycles. The monoisotopic (exact) mass is 381 g/mol. The van der Waals surface area contributed by atoms with Crippen molar-refractivity contribution in [2.75, 3.05) is 19.6 Å². The van der Waals surface area contributed by atoms with Crippen molar-refractivity contribution in [3.63, 3.8) is 0 Å². The second-order valence-electron chi connectivity index (χ2n) is 7.47. The van der Waals surface area contributed by atoms with Gasteiger partial charge in [0.1, 0.15) is 10.6 Å². The highest BCUT2D eigenvalue weighted by Crippen LogP contribution is 2.16. The molecule has 2 N–H and O–H groups in total. The molecule has 0 spiro atoms. The predicted molar refractivity (Wildman–Crippen MR) is 106 cm³/mol. The molecule has 1 aliphatic heterocycles. The maximum Gasteiger partial charge on any atom is 0.410 e. The molecular formula is C18H31N5O2S. The lowest BCUT2D eigenvalue weighted by Crippen LogP contribution is -2.53. The summed E-state index contributed by atoms with van der Waals surface area (Å²) in [4.78, 5) is 24.3. The highest BCUT2D eigenvalue weighted by atomic mass is 32.1. The maximum absolute atomic E-state index is 12.3. The van der Waals surface area contributed by atoms with Crippen LogP contribution in [0.2, 0.25) is 0 Å².